The van der Waals surface area contributed by atoms with Gasteiger partial charge in [-0.2, -0.15) is 9.97 Å². The SMILES string of the molecule is C#Cc1c(F)ccc2cc(OP(=O)(OC(C)C)OC(C)C)cc(-c3ncc4c(N5C[C@H]6CC(C)(O)[C@@H](C5)N6C(=O)C=C)nc(OC[C@]5(C)C[C@@H](F)CN5C)nc4c3F)c12. The second-order valence-electron chi connectivity index (χ2n) is 16.5. The van der Waals surface area contributed by atoms with Crippen LogP contribution in [0.4, 0.5) is 19.0 Å². The van der Waals surface area contributed by atoms with Gasteiger partial charge in [-0.05, 0) is 78.3 Å². The molecule has 1 unspecified atom stereocenters. The van der Waals surface area contributed by atoms with E-state index in [1.54, 1.807) is 46.6 Å². The average molecular weight is 837 g/mol. The molecule has 1 amide bonds. The molecule has 0 aliphatic carbocycles. The van der Waals surface area contributed by atoms with Crippen molar-refractivity contribution in [3.8, 4) is 35.4 Å². The lowest BCUT2D eigenvalue weighted by molar-refractivity contribution is -0.131. The number of hydrogen-bond acceptors (Lipinski definition) is 12. The van der Waals surface area contributed by atoms with E-state index in [1.807, 2.05) is 16.7 Å². The van der Waals surface area contributed by atoms with E-state index in [-0.39, 0.29) is 95.7 Å². The van der Waals surface area contributed by atoms with Gasteiger partial charge < -0.3 is 24.2 Å². The number of aliphatic hydroxyl groups is 1. The molecule has 0 saturated carbocycles. The van der Waals surface area contributed by atoms with Crippen molar-refractivity contribution in [3.05, 3.63) is 60.3 Å². The van der Waals surface area contributed by atoms with Crippen LogP contribution in [-0.4, -0.2) is 111 Å². The Morgan fingerprint density at radius 3 is 2.44 bits per heavy atom. The molecule has 0 radical (unpaired) electrons. The Labute approximate surface area is 341 Å². The fourth-order valence-corrected chi connectivity index (χ4v) is 10.0. The molecule has 7 rings (SSSR count). The molecule has 0 spiro atoms. The lowest BCUT2D eigenvalue weighted by Crippen LogP contribution is -2.59. The molecule has 1 N–H and O–H groups in total. The number of amides is 1. The molecule has 3 saturated heterocycles. The molecule has 13 nitrogen and oxygen atoms in total. The lowest BCUT2D eigenvalue weighted by Gasteiger charge is -2.42. The topological polar surface area (TPSA) is 140 Å². The van der Waals surface area contributed by atoms with Crippen LogP contribution in [0.1, 0.15) is 59.9 Å². The van der Waals surface area contributed by atoms with Crippen LogP contribution in [0.3, 0.4) is 0 Å². The van der Waals surface area contributed by atoms with E-state index in [1.165, 1.54) is 30.5 Å². The van der Waals surface area contributed by atoms with Gasteiger partial charge in [0.25, 0.3) is 0 Å². The first kappa shape index (κ1) is 42.3. The number of alkyl halides is 1. The highest BCUT2D eigenvalue weighted by molar-refractivity contribution is 7.49. The molecule has 2 bridgehead atoms. The number of piperazine rings is 1. The van der Waals surface area contributed by atoms with Crippen LogP contribution in [0, 0.1) is 24.0 Å². The summed E-state index contributed by atoms with van der Waals surface area (Å²) in [5, 5.41) is 12.0. The highest BCUT2D eigenvalue weighted by Crippen LogP contribution is 2.53. The number of anilines is 1. The number of carbonyl (C=O) groups is 1. The van der Waals surface area contributed by atoms with Gasteiger partial charge in [-0.15, -0.1) is 6.42 Å². The number of halogens is 3. The molecule has 314 valence electrons. The van der Waals surface area contributed by atoms with Crippen LogP contribution in [-0.2, 0) is 18.4 Å². The highest BCUT2D eigenvalue weighted by Gasteiger charge is 2.54. The summed E-state index contributed by atoms with van der Waals surface area (Å²) in [5.41, 5.74) is -2.67. The molecule has 3 aliphatic heterocycles. The number of rotatable bonds is 12. The van der Waals surface area contributed by atoms with Gasteiger partial charge >= 0.3 is 13.8 Å². The number of likely N-dealkylation sites (N-methyl/N-ethyl adjacent to an activating group) is 1. The second-order valence-corrected chi connectivity index (χ2v) is 18.0. The first-order valence-corrected chi connectivity index (χ1v) is 20.9. The standard InChI is InChI=1S/C42H48F3N6O7P/c1-10-29-32(44)13-12-25-14-28(58-59(54,56-23(3)4)57-24(5)6)15-30(35(25)29)37-36(45)38-31(18-46-37)39(48-40(47-38)55-22-41(7)16-26(43)19-49(41)9)50-20-27-17-42(8,53)33(21-50)51(27)34(52)11-2/h1,11-15,18,23-24,26-27,33,53H,2,16-17,19-22H2,3-9H3/t26-,27-,33-,41+,42?/m1/s1. The third kappa shape index (κ3) is 7.99. The summed E-state index contributed by atoms with van der Waals surface area (Å²) >= 11 is 0. The summed E-state index contributed by atoms with van der Waals surface area (Å²) in [6, 6.07) is 4.08. The van der Waals surface area contributed by atoms with Gasteiger partial charge in [-0.25, -0.2) is 17.7 Å². The normalized spacial score (nSPS) is 24.7. The number of ether oxygens (including phenoxy) is 1. The van der Waals surface area contributed by atoms with Gasteiger partial charge in [0.05, 0.1) is 46.4 Å². The smallest absolute Gasteiger partial charge is 0.461 e. The molecule has 59 heavy (non-hydrogen) atoms. The van der Waals surface area contributed by atoms with Crippen LogP contribution in [0.15, 0.2) is 43.1 Å². The van der Waals surface area contributed by atoms with Gasteiger partial charge in [0.15, 0.2) is 5.82 Å². The molecule has 4 aromatic rings. The van der Waals surface area contributed by atoms with Crippen molar-refractivity contribution in [2.45, 2.75) is 96.0 Å². The number of carbonyl (C=O) groups excluding carboxylic acids is 1. The van der Waals surface area contributed by atoms with Gasteiger partial charge in [0.2, 0.25) is 5.91 Å². The summed E-state index contributed by atoms with van der Waals surface area (Å²) in [4.78, 5) is 32.1. The third-order valence-electron chi connectivity index (χ3n) is 11.2. The number of phosphoric acid groups is 1. The first-order chi connectivity index (χ1) is 27.8. The number of likely N-dealkylation sites (tertiary alicyclic amines) is 1. The van der Waals surface area contributed by atoms with Gasteiger partial charge in [-0.1, -0.05) is 18.6 Å². The number of hydrogen-bond donors (Lipinski definition) is 1. The van der Waals surface area contributed by atoms with E-state index < -0.39 is 61.1 Å². The first-order valence-electron chi connectivity index (χ1n) is 19.4. The minimum absolute atomic E-state index is 0.00709. The number of benzene rings is 2. The Morgan fingerprint density at radius 2 is 1.83 bits per heavy atom. The molecule has 3 aliphatic rings. The van der Waals surface area contributed by atoms with Crippen LogP contribution < -0.4 is 14.2 Å². The zero-order valence-electron chi connectivity index (χ0n) is 34.0. The molecule has 3 fully saturated rings. The Hall–Kier alpha value is -4.78. The summed E-state index contributed by atoms with van der Waals surface area (Å²) < 4.78 is 84.6. The zero-order valence-corrected chi connectivity index (χ0v) is 34.9. The fraction of sp³-hybridized carbons (Fsp3) is 0.476. The summed E-state index contributed by atoms with van der Waals surface area (Å²) in [7, 11) is -2.47. The molecule has 2 aromatic carbocycles. The molecular weight excluding hydrogens is 788 g/mol. The van der Waals surface area contributed by atoms with Crippen molar-refractivity contribution in [1.29, 1.82) is 0 Å². The monoisotopic (exact) mass is 836 g/mol. The molecular formula is C42H48F3N6O7P. The van der Waals surface area contributed by atoms with Crippen LogP contribution in [0.25, 0.3) is 32.9 Å². The van der Waals surface area contributed by atoms with Crippen LogP contribution in [0.2, 0.25) is 0 Å². The molecule has 2 aromatic heterocycles. The molecule has 17 heteroatoms. The van der Waals surface area contributed by atoms with Crippen molar-refractivity contribution in [2.24, 2.45) is 0 Å². The van der Waals surface area contributed by atoms with Gasteiger partial charge in [0, 0.05) is 49.6 Å². The predicted octanol–water partition coefficient (Wildman–Crippen LogP) is 6.98. The molecule has 5 atom stereocenters. The fourth-order valence-electron chi connectivity index (χ4n) is 8.48. The minimum Gasteiger partial charge on any atom is -0.461 e. The van der Waals surface area contributed by atoms with Crippen LogP contribution in [0.5, 0.6) is 11.8 Å². The number of pyridine rings is 1. The van der Waals surface area contributed by atoms with Crippen molar-refractivity contribution in [2.75, 3.05) is 38.2 Å². The van der Waals surface area contributed by atoms with E-state index in [9.17, 15) is 18.9 Å². The maximum Gasteiger partial charge on any atom is 0.530 e. The van der Waals surface area contributed by atoms with E-state index in [2.05, 4.69) is 22.5 Å². The van der Waals surface area contributed by atoms with Crippen molar-refractivity contribution in [1.82, 2.24) is 24.8 Å². The van der Waals surface area contributed by atoms with E-state index in [4.69, 9.17) is 29.7 Å². The average Bonchev–Trinajstić information content (AvgIpc) is 3.50. The number of aromatic nitrogens is 3. The maximum atomic E-state index is 17.5. The second kappa shape index (κ2) is 15.7. The highest BCUT2D eigenvalue weighted by atomic mass is 31.2. The number of fused-ring (bicyclic) bond motifs is 4. The van der Waals surface area contributed by atoms with Crippen molar-refractivity contribution in [3.63, 3.8) is 0 Å². The summed E-state index contributed by atoms with van der Waals surface area (Å²) in [6.45, 7) is 14.3. The van der Waals surface area contributed by atoms with Crippen LogP contribution >= 0.6 is 7.82 Å². The number of terminal acetylenes is 1. The summed E-state index contributed by atoms with van der Waals surface area (Å²) in [5.74, 6) is 0.516. The predicted molar refractivity (Wildman–Crippen MR) is 217 cm³/mol. The Bertz CT molecular complexity index is 2410. The van der Waals surface area contributed by atoms with E-state index in [0.717, 1.165) is 6.07 Å². The van der Waals surface area contributed by atoms with E-state index >= 15 is 8.78 Å². The van der Waals surface area contributed by atoms with Gasteiger partial charge in [-0.3, -0.25) is 23.7 Å². The zero-order chi connectivity index (χ0) is 42.8. The minimum atomic E-state index is -4.26. The quantitative estimate of drug-likeness (QED) is 0.0895. The number of nitrogens with zero attached hydrogens (tertiary/aromatic N) is 6. The van der Waals surface area contributed by atoms with E-state index in [0.29, 0.717) is 5.39 Å². The Balaban J connectivity index is 1.40. The van der Waals surface area contributed by atoms with Crippen molar-refractivity contribution < 1.29 is 45.9 Å². The summed E-state index contributed by atoms with van der Waals surface area (Å²) in [6.07, 6.45) is 6.69. The van der Waals surface area contributed by atoms with Gasteiger partial charge in [0.1, 0.15) is 41.4 Å². The Kier molecular flexibility index (Phi) is 11.3. The largest absolute Gasteiger partial charge is 0.530 e. The Morgan fingerprint density at radius 1 is 1.12 bits per heavy atom. The number of phosphoric ester groups is 1. The molecule has 5 heterocycles. The third-order valence-corrected chi connectivity index (χ3v) is 13.0. The van der Waals surface area contributed by atoms with Crippen molar-refractivity contribution >= 4 is 41.2 Å². The lowest BCUT2D eigenvalue weighted by atomic mass is 9.95. The maximum absolute atomic E-state index is 17.5.